The number of hydrogen-bond acceptors (Lipinski definition) is 3. The smallest absolute Gasteiger partial charge is 0.261 e. The van der Waals surface area contributed by atoms with E-state index in [4.69, 9.17) is 4.74 Å². The lowest BCUT2D eigenvalue weighted by Crippen LogP contribution is -2.53. The molecule has 0 heterocycles. The van der Waals surface area contributed by atoms with Crippen molar-refractivity contribution < 1.29 is 14.3 Å². The fourth-order valence-corrected chi connectivity index (χ4v) is 4.21. The monoisotopic (exact) mass is 500 g/mol. The summed E-state index contributed by atoms with van der Waals surface area (Å²) < 4.78 is 6.10. The number of hydrogen-bond donors (Lipinski definition) is 1. The Morgan fingerprint density at radius 1 is 0.865 bits per heavy atom. The SMILES string of the molecule is CC[C@@H](C)NC(=O)[C@@H](Cc1ccccc1)N(Cc1ccccc1)C(=O)COc1ccccc1C(C)(C)C. The molecule has 0 unspecified atom stereocenters. The number of nitrogens with one attached hydrogen (secondary N) is 1. The van der Waals surface area contributed by atoms with Crippen molar-refractivity contribution in [1.82, 2.24) is 10.2 Å². The van der Waals surface area contributed by atoms with Crippen molar-refractivity contribution >= 4 is 11.8 Å². The number of nitrogens with zero attached hydrogens (tertiary/aromatic N) is 1. The number of ether oxygens (including phenoxy) is 1. The van der Waals surface area contributed by atoms with Crippen LogP contribution < -0.4 is 10.1 Å². The topological polar surface area (TPSA) is 58.6 Å². The Morgan fingerprint density at radius 3 is 2.03 bits per heavy atom. The highest BCUT2D eigenvalue weighted by Crippen LogP contribution is 2.31. The maximum Gasteiger partial charge on any atom is 0.261 e. The Balaban J connectivity index is 1.92. The van der Waals surface area contributed by atoms with Gasteiger partial charge >= 0.3 is 0 Å². The summed E-state index contributed by atoms with van der Waals surface area (Å²) in [6.07, 6.45) is 1.23. The summed E-state index contributed by atoms with van der Waals surface area (Å²) in [5.41, 5.74) is 2.86. The van der Waals surface area contributed by atoms with Gasteiger partial charge < -0.3 is 15.0 Å². The predicted octanol–water partition coefficient (Wildman–Crippen LogP) is 5.92. The summed E-state index contributed by atoms with van der Waals surface area (Å²) in [5.74, 6) is 0.303. The molecule has 3 aromatic carbocycles. The molecule has 0 fully saturated rings. The standard InChI is InChI=1S/C32H40N2O3/c1-6-24(2)33-31(36)28(21-25-15-9-7-10-16-25)34(22-26-17-11-8-12-18-26)30(35)23-37-29-20-14-13-19-27(29)32(3,4)5/h7-20,24,28H,6,21-23H2,1-5H3,(H,33,36)/t24-,28-/m1/s1. The Labute approximate surface area is 221 Å². The van der Waals surface area contributed by atoms with Gasteiger partial charge in [0, 0.05) is 19.0 Å². The zero-order valence-corrected chi connectivity index (χ0v) is 22.7. The second-order valence-corrected chi connectivity index (χ2v) is 10.6. The van der Waals surface area contributed by atoms with E-state index in [9.17, 15) is 9.59 Å². The average Bonchev–Trinajstić information content (AvgIpc) is 2.90. The van der Waals surface area contributed by atoms with Crippen LogP contribution in [0.25, 0.3) is 0 Å². The number of rotatable bonds is 11. The molecule has 0 bridgehead atoms. The molecule has 2 atom stereocenters. The van der Waals surface area contributed by atoms with Crippen LogP contribution in [0.15, 0.2) is 84.9 Å². The molecule has 196 valence electrons. The first-order valence-corrected chi connectivity index (χ1v) is 13.1. The molecule has 0 saturated carbocycles. The van der Waals surface area contributed by atoms with Crippen LogP contribution in [0.5, 0.6) is 5.75 Å². The lowest BCUT2D eigenvalue weighted by Gasteiger charge is -2.32. The van der Waals surface area contributed by atoms with Crippen molar-refractivity contribution in [2.45, 2.75) is 71.5 Å². The molecule has 3 aromatic rings. The first-order chi connectivity index (χ1) is 17.7. The van der Waals surface area contributed by atoms with Crippen LogP contribution in [0.2, 0.25) is 0 Å². The summed E-state index contributed by atoms with van der Waals surface area (Å²) in [5, 5.41) is 3.10. The van der Waals surface area contributed by atoms with E-state index in [0.29, 0.717) is 18.7 Å². The van der Waals surface area contributed by atoms with E-state index in [0.717, 1.165) is 23.1 Å². The molecular formula is C32H40N2O3. The van der Waals surface area contributed by atoms with E-state index in [-0.39, 0.29) is 29.9 Å². The Hall–Kier alpha value is -3.60. The first-order valence-electron chi connectivity index (χ1n) is 13.1. The fourth-order valence-electron chi connectivity index (χ4n) is 4.21. The number of carbonyl (C=O) groups excluding carboxylic acids is 2. The minimum atomic E-state index is -0.675. The molecule has 5 heteroatoms. The molecule has 0 aliphatic carbocycles. The van der Waals surface area contributed by atoms with Crippen LogP contribution >= 0.6 is 0 Å². The van der Waals surface area contributed by atoms with Crippen LogP contribution in [0.1, 0.15) is 57.7 Å². The van der Waals surface area contributed by atoms with Crippen LogP contribution in [-0.2, 0) is 28.0 Å². The van der Waals surface area contributed by atoms with Gasteiger partial charge in [-0.3, -0.25) is 9.59 Å². The molecule has 5 nitrogen and oxygen atoms in total. The maximum atomic E-state index is 13.8. The minimum Gasteiger partial charge on any atom is -0.483 e. The van der Waals surface area contributed by atoms with Crippen LogP contribution in [0.4, 0.5) is 0 Å². The zero-order valence-electron chi connectivity index (χ0n) is 22.7. The molecular weight excluding hydrogens is 460 g/mol. The van der Waals surface area contributed by atoms with Crippen molar-refractivity contribution in [1.29, 1.82) is 0 Å². The predicted molar refractivity (Wildman–Crippen MR) is 149 cm³/mol. The molecule has 0 aliphatic heterocycles. The third kappa shape index (κ3) is 8.21. The van der Waals surface area contributed by atoms with Gasteiger partial charge in [-0.2, -0.15) is 0 Å². The van der Waals surface area contributed by atoms with Crippen LogP contribution in [0, 0.1) is 0 Å². The van der Waals surface area contributed by atoms with E-state index >= 15 is 0 Å². The van der Waals surface area contributed by atoms with Gasteiger partial charge in [-0.25, -0.2) is 0 Å². The van der Waals surface area contributed by atoms with Crippen molar-refractivity contribution in [3.05, 3.63) is 102 Å². The van der Waals surface area contributed by atoms with E-state index < -0.39 is 6.04 Å². The summed E-state index contributed by atoms with van der Waals surface area (Å²) >= 11 is 0. The zero-order chi connectivity index (χ0) is 26.8. The highest BCUT2D eigenvalue weighted by atomic mass is 16.5. The molecule has 3 rings (SSSR count). The van der Waals surface area contributed by atoms with Crippen molar-refractivity contribution in [2.75, 3.05) is 6.61 Å². The number of para-hydroxylation sites is 1. The second-order valence-electron chi connectivity index (χ2n) is 10.6. The number of carbonyl (C=O) groups is 2. The van der Waals surface area contributed by atoms with Gasteiger partial charge in [0.25, 0.3) is 5.91 Å². The summed E-state index contributed by atoms with van der Waals surface area (Å²) in [6.45, 7) is 10.5. The number of benzene rings is 3. The van der Waals surface area contributed by atoms with Crippen LogP contribution in [-0.4, -0.2) is 35.4 Å². The lowest BCUT2D eigenvalue weighted by molar-refractivity contribution is -0.143. The fraction of sp³-hybridized carbons (Fsp3) is 0.375. The van der Waals surface area contributed by atoms with Crippen LogP contribution in [0.3, 0.4) is 0 Å². The molecule has 0 radical (unpaired) electrons. The van der Waals surface area contributed by atoms with Gasteiger partial charge in [-0.1, -0.05) is 107 Å². The average molecular weight is 501 g/mol. The third-order valence-corrected chi connectivity index (χ3v) is 6.51. The van der Waals surface area contributed by atoms with Crippen molar-refractivity contribution in [3.8, 4) is 5.75 Å². The quantitative estimate of drug-likeness (QED) is 0.356. The molecule has 2 amide bonds. The molecule has 37 heavy (non-hydrogen) atoms. The summed E-state index contributed by atoms with van der Waals surface area (Å²) in [6, 6.07) is 26.8. The van der Waals surface area contributed by atoms with E-state index in [2.05, 4.69) is 26.1 Å². The first kappa shape index (κ1) is 28.0. The third-order valence-electron chi connectivity index (χ3n) is 6.51. The van der Waals surface area contributed by atoms with Gasteiger partial charge in [-0.15, -0.1) is 0 Å². The molecule has 0 saturated heterocycles. The highest BCUT2D eigenvalue weighted by Gasteiger charge is 2.31. The molecule has 0 spiro atoms. The maximum absolute atomic E-state index is 13.8. The molecule has 0 aliphatic rings. The largest absolute Gasteiger partial charge is 0.483 e. The Kier molecular flexibility index (Phi) is 9.90. The van der Waals surface area contributed by atoms with Gasteiger partial charge in [0.1, 0.15) is 11.8 Å². The van der Waals surface area contributed by atoms with Gasteiger partial charge in [-0.05, 0) is 41.5 Å². The van der Waals surface area contributed by atoms with Gasteiger partial charge in [0.2, 0.25) is 5.91 Å². The summed E-state index contributed by atoms with van der Waals surface area (Å²) in [7, 11) is 0. The summed E-state index contributed by atoms with van der Waals surface area (Å²) in [4.78, 5) is 29.0. The Bertz CT molecular complexity index is 1140. The number of amides is 2. The van der Waals surface area contributed by atoms with Crippen molar-refractivity contribution in [3.63, 3.8) is 0 Å². The molecule has 0 aromatic heterocycles. The van der Waals surface area contributed by atoms with Crippen molar-refractivity contribution in [2.24, 2.45) is 0 Å². The second kappa shape index (κ2) is 13.1. The lowest BCUT2D eigenvalue weighted by atomic mass is 9.86. The highest BCUT2D eigenvalue weighted by molar-refractivity contribution is 5.88. The molecule has 1 N–H and O–H groups in total. The van der Waals surface area contributed by atoms with Gasteiger partial charge in [0.05, 0.1) is 0 Å². The minimum absolute atomic E-state index is 0.00867. The van der Waals surface area contributed by atoms with Gasteiger partial charge in [0.15, 0.2) is 6.61 Å². The Morgan fingerprint density at radius 2 is 1.43 bits per heavy atom. The van der Waals surface area contributed by atoms with E-state index in [1.54, 1.807) is 4.90 Å². The van der Waals surface area contributed by atoms with E-state index in [1.165, 1.54) is 0 Å². The van der Waals surface area contributed by atoms with E-state index in [1.807, 2.05) is 98.8 Å². The normalized spacial score (nSPS) is 12.9.